The Morgan fingerprint density at radius 3 is 2.24 bits per heavy atom. The van der Waals surface area contributed by atoms with Crippen molar-refractivity contribution >= 4 is 23.5 Å². The summed E-state index contributed by atoms with van der Waals surface area (Å²) in [6.45, 7) is 3.41. The van der Waals surface area contributed by atoms with Gasteiger partial charge in [-0.1, -0.05) is 66.2 Å². The Kier molecular flexibility index (Phi) is 6.83. The van der Waals surface area contributed by atoms with E-state index in [1.54, 1.807) is 12.1 Å². The Morgan fingerprint density at radius 1 is 0.966 bits per heavy atom. The summed E-state index contributed by atoms with van der Waals surface area (Å²) in [5.74, 6) is -0.805. The molecule has 0 aromatic heterocycles. The van der Waals surface area contributed by atoms with Gasteiger partial charge in [-0.25, -0.2) is 4.39 Å². The molecule has 0 radical (unpaired) electrons. The number of rotatable bonds is 7. The van der Waals surface area contributed by atoms with E-state index < -0.39 is 5.82 Å². The third-order valence-corrected chi connectivity index (χ3v) is 5.59. The number of hydrogen-bond donors (Lipinski definition) is 1. The molecule has 0 aliphatic heterocycles. The van der Waals surface area contributed by atoms with Gasteiger partial charge in [-0.3, -0.25) is 9.59 Å². The predicted molar refractivity (Wildman–Crippen MR) is 115 cm³/mol. The molecule has 3 aromatic rings. The summed E-state index contributed by atoms with van der Waals surface area (Å²) < 4.78 is 14.2. The van der Waals surface area contributed by atoms with Gasteiger partial charge in [-0.15, -0.1) is 11.8 Å². The van der Waals surface area contributed by atoms with Crippen molar-refractivity contribution in [1.82, 2.24) is 5.32 Å². The molecule has 29 heavy (non-hydrogen) atoms. The molecule has 1 atom stereocenters. The zero-order valence-corrected chi connectivity index (χ0v) is 17.1. The smallest absolute Gasteiger partial charge is 0.231 e. The molecule has 1 amide bonds. The highest BCUT2D eigenvalue weighted by molar-refractivity contribution is 8.00. The normalized spacial score (nSPS) is 11.7. The van der Waals surface area contributed by atoms with Crippen LogP contribution in [-0.4, -0.2) is 17.4 Å². The van der Waals surface area contributed by atoms with Gasteiger partial charge in [-0.05, 0) is 37.1 Å². The van der Waals surface area contributed by atoms with Gasteiger partial charge in [0.05, 0.1) is 11.8 Å². The van der Waals surface area contributed by atoms with Gasteiger partial charge < -0.3 is 5.32 Å². The standard InChI is InChI=1S/C24H22FNO2S/c1-16-8-10-19(11-9-16)24(18-6-4-3-5-7-18)26-23(28)15-29-22-13-12-20(17(2)27)14-21(22)25/h3-14,24H,15H2,1-2H3,(H,26,28). The van der Waals surface area contributed by atoms with Crippen LogP contribution in [0.3, 0.4) is 0 Å². The Labute approximate surface area is 174 Å². The van der Waals surface area contributed by atoms with E-state index in [0.29, 0.717) is 10.5 Å². The molecule has 0 aliphatic carbocycles. The number of halogens is 1. The Hall–Kier alpha value is -2.92. The third kappa shape index (κ3) is 5.55. The van der Waals surface area contributed by atoms with Gasteiger partial charge in [-0.2, -0.15) is 0 Å². The van der Waals surface area contributed by atoms with Gasteiger partial charge in [0.2, 0.25) is 5.91 Å². The predicted octanol–water partition coefficient (Wildman–Crippen LogP) is 5.33. The summed E-state index contributed by atoms with van der Waals surface area (Å²) in [4.78, 5) is 24.3. The number of Topliss-reactive ketones (excluding diaryl/α,β-unsaturated/α-hetero) is 1. The Bertz CT molecular complexity index is 1000. The molecular weight excluding hydrogens is 385 g/mol. The molecular formula is C24H22FNO2S. The minimum Gasteiger partial charge on any atom is -0.344 e. The molecule has 0 spiro atoms. The van der Waals surface area contributed by atoms with E-state index in [1.807, 2.05) is 61.5 Å². The number of carbonyl (C=O) groups is 2. The SMILES string of the molecule is CC(=O)c1ccc(SCC(=O)NC(c2ccccc2)c2ccc(C)cc2)c(F)c1. The summed E-state index contributed by atoms with van der Waals surface area (Å²) >= 11 is 1.11. The topological polar surface area (TPSA) is 46.2 Å². The van der Waals surface area contributed by atoms with E-state index in [4.69, 9.17) is 0 Å². The molecule has 3 nitrogen and oxygen atoms in total. The van der Waals surface area contributed by atoms with E-state index in [-0.39, 0.29) is 23.5 Å². The zero-order valence-electron chi connectivity index (χ0n) is 16.3. The lowest BCUT2D eigenvalue weighted by atomic mass is 9.98. The maximum Gasteiger partial charge on any atom is 0.231 e. The van der Waals surface area contributed by atoms with Gasteiger partial charge in [0.1, 0.15) is 5.82 Å². The second kappa shape index (κ2) is 9.52. The quantitative estimate of drug-likeness (QED) is 0.425. The van der Waals surface area contributed by atoms with Gasteiger partial charge in [0.15, 0.2) is 5.78 Å². The largest absolute Gasteiger partial charge is 0.344 e. The number of carbonyl (C=O) groups excluding carboxylic acids is 2. The van der Waals surface area contributed by atoms with Crippen LogP contribution in [0.25, 0.3) is 0 Å². The van der Waals surface area contributed by atoms with Gasteiger partial charge >= 0.3 is 0 Å². The summed E-state index contributed by atoms with van der Waals surface area (Å²) in [6.07, 6.45) is 0. The van der Waals surface area contributed by atoms with Crippen LogP contribution in [0, 0.1) is 12.7 Å². The molecule has 0 heterocycles. The lowest BCUT2D eigenvalue weighted by Crippen LogP contribution is -2.30. The van der Waals surface area contributed by atoms with Crippen LogP contribution in [0.1, 0.15) is 40.0 Å². The van der Waals surface area contributed by atoms with E-state index in [9.17, 15) is 14.0 Å². The molecule has 3 rings (SSSR count). The number of benzene rings is 3. The summed E-state index contributed by atoms with van der Waals surface area (Å²) in [5, 5.41) is 3.05. The molecule has 0 aliphatic rings. The highest BCUT2D eigenvalue weighted by Crippen LogP contribution is 2.25. The Morgan fingerprint density at radius 2 is 1.62 bits per heavy atom. The second-order valence-corrected chi connectivity index (χ2v) is 7.83. The van der Waals surface area contributed by atoms with Crippen molar-refractivity contribution in [3.8, 4) is 0 Å². The van der Waals surface area contributed by atoms with Crippen LogP contribution in [0.4, 0.5) is 4.39 Å². The first-order valence-corrected chi connectivity index (χ1v) is 10.3. The summed E-state index contributed by atoms with van der Waals surface area (Å²) in [5.41, 5.74) is 3.43. The fraction of sp³-hybridized carbons (Fsp3) is 0.167. The van der Waals surface area contributed by atoms with Crippen molar-refractivity contribution in [2.75, 3.05) is 5.75 Å². The molecule has 0 bridgehead atoms. The average Bonchev–Trinajstić information content (AvgIpc) is 2.72. The number of nitrogens with one attached hydrogen (secondary N) is 1. The van der Waals surface area contributed by atoms with Crippen LogP contribution in [-0.2, 0) is 4.79 Å². The number of aryl methyl sites for hydroxylation is 1. The van der Waals surface area contributed by atoms with Crippen molar-refractivity contribution in [2.24, 2.45) is 0 Å². The van der Waals surface area contributed by atoms with E-state index in [1.165, 1.54) is 13.0 Å². The molecule has 148 valence electrons. The first-order chi connectivity index (χ1) is 13.9. The van der Waals surface area contributed by atoms with Crippen molar-refractivity contribution in [3.05, 3.63) is 101 Å². The van der Waals surface area contributed by atoms with E-state index in [2.05, 4.69) is 5.32 Å². The van der Waals surface area contributed by atoms with E-state index >= 15 is 0 Å². The summed E-state index contributed by atoms with van der Waals surface area (Å²) in [7, 11) is 0. The van der Waals surface area contributed by atoms with Crippen molar-refractivity contribution in [2.45, 2.75) is 24.8 Å². The number of amides is 1. The van der Waals surface area contributed by atoms with Crippen LogP contribution in [0.15, 0.2) is 77.7 Å². The van der Waals surface area contributed by atoms with Gasteiger partial charge in [0.25, 0.3) is 0 Å². The number of ketones is 1. The molecule has 0 fully saturated rings. The molecule has 5 heteroatoms. The third-order valence-electron chi connectivity index (χ3n) is 4.55. The maximum atomic E-state index is 14.2. The highest BCUT2D eigenvalue weighted by atomic mass is 32.2. The van der Waals surface area contributed by atoms with E-state index in [0.717, 1.165) is 28.5 Å². The van der Waals surface area contributed by atoms with Gasteiger partial charge in [0, 0.05) is 10.5 Å². The highest BCUT2D eigenvalue weighted by Gasteiger charge is 2.17. The van der Waals surface area contributed by atoms with Crippen LogP contribution < -0.4 is 5.32 Å². The minimum absolute atomic E-state index is 0.0749. The lowest BCUT2D eigenvalue weighted by Gasteiger charge is -2.20. The second-order valence-electron chi connectivity index (χ2n) is 6.81. The first kappa shape index (κ1) is 20.8. The zero-order chi connectivity index (χ0) is 20.8. The first-order valence-electron chi connectivity index (χ1n) is 9.28. The van der Waals surface area contributed by atoms with Crippen molar-refractivity contribution in [1.29, 1.82) is 0 Å². The fourth-order valence-electron chi connectivity index (χ4n) is 2.95. The Balaban J connectivity index is 1.72. The van der Waals surface area contributed by atoms with Crippen molar-refractivity contribution in [3.63, 3.8) is 0 Å². The monoisotopic (exact) mass is 407 g/mol. The van der Waals surface area contributed by atoms with Crippen LogP contribution in [0.2, 0.25) is 0 Å². The number of thioether (sulfide) groups is 1. The molecule has 0 saturated heterocycles. The fourth-order valence-corrected chi connectivity index (χ4v) is 3.68. The lowest BCUT2D eigenvalue weighted by molar-refractivity contribution is -0.119. The molecule has 0 saturated carbocycles. The molecule has 1 unspecified atom stereocenters. The number of hydrogen-bond acceptors (Lipinski definition) is 3. The van der Waals surface area contributed by atoms with Crippen molar-refractivity contribution < 1.29 is 14.0 Å². The molecule has 1 N–H and O–H groups in total. The summed E-state index contributed by atoms with van der Waals surface area (Å²) in [6, 6.07) is 21.8. The average molecular weight is 408 g/mol. The maximum absolute atomic E-state index is 14.2. The van der Waals surface area contributed by atoms with Crippen LogP contribution >= 0.6 is 11.8 Å². The van der Waals surface area contributed by atoms with Crippen LogP contribution in [0.5, 0.6) is 0 Å². The minimum atomic E-state index is -0.492. The molecule has 3 aromatic carbocycles.